The predicted molar refractivity (Wildman–Crippen MR) is 82.7 cm³/mol. The van der Waals surface area contributed by atoms with E-state index in [2.05, 4.69) is 15.6 Å². The highest BCUT2D eigenvalue weighted by Crippen LogP contribution is 2.21. The first-order valence-electron chi connectivity index (χ1n) is 6.77. The topological polar surface area (TPSA) is 63.2 Å². The Bertz CT molecular complexity index is 600. The first-order valence-corrected chi connectivity index (χ1v) is 6.77. The third-order valence-electron chi connectivity index (χ3n) is 3.07. The fraction of sp³-hybridized carbons (Fsp3) is 0.250. The zero-order valence-electron chi connectivity index (χ0n) is 12.2. The van der Waals surface area contributed by atoms with Crippen LogP contribution < -0.4 is 15.4 Å². The van der Waals surface area contributed by atoms with Crippen molar-refractivity contribution in [3.05, 3.63) is 53.9 Å². The highest BCUT2D eigenvalue weighted by molar-refractivity contribution is 5.89. The smallest absolute Gasteiger partial charge is 0.319 e. The third-order valence-corrected chi connectivity index (χ3v) is 3.07. The Morgan fingerprint density at radius 1 is 1.33 bits per heavy atom. The highest BCUT2D eigenvalue weighted by Gasteiger charge is 2.04. The second-order valence-electron chi connectivity index (χ2n) is 4.68. The van der Waals surface area contributed by atoms with E-state index in [0.29, 0.717) is 6.54 Å². The summed E-state index contributed by atoms with van der Waals surface area (Å²) in [6.45, 7) is 2.50. The fourth-order valence-corrected chi connectivity index (χ4v) is 2.00. The van der Waals surface area contributed by atoms with Crippen molar-refractivity contribution >= 4 is 11.7 Å². The van der Waals surface area contributed by atoms with Gasteiger partial charge in [-0.05, 0) is 48.7 Å². The van der Waals surface area contributed by atoms with Gasteiger partial charge in [-0.2, -0.15) is 0 Å². The van der Waals surface area contributed by atoms with E-state index in [9.17, 15) is 4.79 Å². The highest BCUT2D eigenvalue weighted by atomic mass is 16.5. The molecule has 21 heavy (non-hydrogen) atoms. The van der Waals surface area contributed by atoms with Gasteiger partial charge in [0.05, 0.1) is 7.11 Å². The molecule has 5 nitrogen and oxygen atoms in total. The van der Waals surface area contributed by atoms with Gasteiger partial charge >= 0.3 is 6.03 Å². The Kier molecular flexibility index (Phi) is 5.15. The van der Waals surface area contributed by atoms with Gasteiger partial charge in [-0.1, -0.05) is 6.07 Å². The SMILES string of the molecule is COc1ccc(NC(=O)NCCc2cccnc2)cc1C. The number of methoxy groups -OCH3 is 1. The molecule has 5 heteroatoms. The summed E-state index contributed by atoms with van der Waals surface area (Å²) >= 11 is 0. The second-order valence-corrected chi connectivity index (χ2v) is 4.68. The lowest BCUT2D eigenvalue weighted by atomic mass is 10.2. The van der Waals surface area contributed by atoms with E-state index in [1.807, 2.05) is 37.3 Å². The number of nitrogens with one attached hydrogen (secondary N) is 2. The molecule has 0 bridgehead atoms. The van der Waals surface area contributed by atoms with Gasteiger partial charge in [0, 0.05) is 24.6 Å². The lowest BCUT2D eigenvalue weighted by Crippen LogP contribution is -2.30. The van der Waals surface area contributed by atoms with E-state index in [1.54, 1.807) is 19.5 Å². The molecule has 110 valence electrons. The molecule has 0 aliphatic rings. The minimum absolute atomic E-state index is 0.219. The van der Waals surface area contributed by atoms with Crippen LogP contribution in [-0.2, 0) is 6.42 Å². The van der Waals surface area contributed by atoms with Gasteiger partial charge < -0.3 is 15.4 Å². The summed E-state index contributed by atoms with van der Waals surface area (Å²) in [4.78, 5) is 15.8. The minimum atomic E-state index is -0.219. The van der Waals surface area contributed by atoms with Crippen LogP contribution >= 0.6 is 0 Å². The molecule has 2 rings (SSSR count). The van der Waals surface area contributed by atoms with Crippen molar-refractivity contribution in [3.63, 3.8) is 0 Å². The molecule has 2 aromatic rings. The quantitative estimate of drug-likeness (QED) is 0.888. The zero-order valence-corrected chi connectivity index (χ0v) is 12.2. The molecule has 0 fully saturated rings. The van der Waals surface area contributed by atoms with Crippen LogP contribution in [0.15, 0.2) is 42.7 Å². The first-order chi connectivity index (χ1) is 10.2. The molecule has 1 aromatic carbocycles. The van der Waals surface area contributed by atoms with Crippen molar-refractivity contribution in [1.82, 2.24) is 10.3 Å². The monoisotopic (exact) mass is 285 g/mol. The number of aryl methyl sites for hydroxylation is 1. The van der Waals surface area contributed by atoms with Gasteiger partial charge in [-0.15, -0.1) is 0 Å². The van der Waals surface area contributed by atoms with E-state index < -0.39 is 0 Å². The van der Waals surface area contributed by atoms with Crippen LogP contribution in [0.25, 0.3) is 0 Å². The van der Waals surface area contributed by atoms with Gasteiger partial charge in [0.2, 0.25) is 0 Å². The zero-order chi connectivity index (χ0) is 15.1. The average molecular weight is 285 g/mol. The van der Waals surface area contributed by atoms with E-state index in [1.165, 1.54) is 0 Å². The maximum Gasteiger partial charge on any atom is 0.319 e. The molecule has 0 atom stereocenters. The van der Waals surface area contributed by atoms with E-state index in [-0.39, 0.29) is 6.03 Å². The number of ether oxygens (including phenoxy) is 1. The number of rotatable bonds is 5. The molecule has 2 N–H and O–H groups in total. The van der Waals surface area contributed by atoms with Crippen LogP contribution in [0, 0.1) is 6.92 Å². The first kappa shape index (κ1) is 14.8. The number of carbonyl (C=O) groups excluding carboxylic acids is 1. The van der Waals surface area contributed by atoms with E-state index in [0.717, 1.165) is 29.0 Å². The van der Waals surface area contributed by atoms with Crippen LogP contribution in [0.5, 0.6) is 5.75 Å². The average Bonchev–Trinajstić information content (AvgIpc) is 2.48. The number of amides is 2. The number of hydrogen-bond donors (Lipinski definition) is 2. The van der Waals surface area contributed by atoms with Gasteiger partial charge in [-0.25, -0.2) is 4.79 Å². The summed E-state index contributed by atoms with van der Waals surface area (Å²) in [5.41, 5.74) is 2.82. The molecule has 2 amide bonds. The van der Waals surface area contributed by atoms with Crippen molar-refractivity contribution in [1.29, 1.82) is 0 Å². The van der Waals surface area contributed by atoms with Crippen molar-refractivity contribution in [3.8, 4) is 5.75 Å². The largest absolute Gasteiger partial charge is 0.496 e. The number of nitrogens with zero attached hydrogens (tertiary/aromatic N) is 1. The van der Waals surface area contributed by atoms with E-state index in [4.69, 9.17) is 4.74 Å². The summed E-state index contributed by atoms with van der Waals surface area (Å²) in [7, 11) is 1.63. The van der Waals surface area contributed by atoms with Gasteiger partial charge in [0.1, 0.15) is 5.75 Å². The van der Waals surface area contributed by atoms with Crippen molar-refractivity contribution in [2.24, 2.45) is 0 Å². The number of pyridine rings is 1. The summed E-state index contributed by atoms with van der Waals surface area (Å²) in [6, 6.07) is 9.17. The Morgan fingerprint density at radius 2 is 2.19 bits per heavy atom. The maximum atomic E-state index is 11.8. The minimum Gasteiger partial charge on any atom is -0.496 e. The predicted octanol–water partition coefficient (Wildman–Crippen LogP) is 2.76. The molecule has 1 aromatic heterocycles. The summed E-state index contributed by atoms with van der Waals surface area (Å²) in [5, 5.41) is 5.62. The van der Waals surface area contributed by atoms with Crippen molar-refractivity contribution < 1.29 is 9.53 Å². The number of hydrogen-bond acceptors (Lipinski definition) is 3. The normalized spacial score (nSPS) is 10.0. The van der Waals surface area contributed by atoms with E-state index >= 15 is 0 Å². The van der Waals surface area contributed by atoms with Crippen LogP contribution in [0.4, 0.5) is 10.5 Å². The fourth-order valence-electron chi connectivity index (χ4n) is 2.00. The molecule has 0 saturated carbocycles. The van der Waals surface area contributed by atoms with Gasteiger partial charge in [0.25, 0.3) is 0 Å². The molecule has 0 saturated heterocycles. The Balaban J connectivity index is 1.80. The number of urea groups is 1. The molecular weight excluding hydrogens is 266 g/mol. The van der Waals surface area contributed by atoms with Crippen molar-refractivity contribution in [2.45, 2.75) is 13.3 Å². The molecule has 0 aliphatic carbocycles. The lowest BCUT2D eigenvalue weighted by molar-refractivity contribution is 0.252. The standard InChI is InChI=1S/C16H19N3O2/c1-12-10-14(5-6-15(12)21-2)19-16(20)18-9-7-13-4-3-8-17-11-13/h3-6,8,10-11H,7,9H2,1-2H3,(H2,18,19,20). The van der Waals surface area contributed by atoms with Gasteiger partial charge in [-0.3, -0.25) is 4.98 Å². The molecule has 1 heterocycles. The van der Waals surface area contributed by atoms with Crippen LogP contribution in [-0.4, -0.2) is 24.7 Å². The summed E-state index contributed by atoms with van der Waals surface area (Å²) in [6.07, 6.45) is 4.28. The van der Waals surface area contributed by atoms with Gasteiger partial charge in [0.15, 0.2) is 0 Å². The van der Waals surface area contributed by atoms with Crippen LogP contribution in [0.1, 0.15) is 11.1 Å². The summed E-state index contributed by atoms with van der Waals surface area (Å²) < 4.78 is 5.18. The Morgan fingerprint density at radius 3 is 2.86 bits per heavy atom. The van der Waals surface area contributed by atoms with Crippen LogP contribution in [0.3, 0.4) is 0 Å². The molecule has 0 unspecified atom stereocenters. The lowest BCUT2D eigenvalue weighted by Gasteiger charge is -2.10. The number of benzene rings is 1. The van der Waals surface area contributed by atoms with Crippen molar-refractivity contribution in [2.75, 3.05) is 19.0 Å². The molecule has 0 radical (unpaired) electrons. The summed E-state index contributed by atoms with van der Waals surface area (Å²) in [5.74, 6) is 0.803. The molecule has 0 spiro atoms. The second kappa shape index (κ2) is 7.28. The molecule has 0 aliphatic heterocycles. The number of carbonyl (C=O) groups is 1. The number of aromatic nitrogens is 1. The molecular formula is C16H19N3O2. The third kappa shape index (κ3) is 4.49. The Hall–Kier alpha value is -2.56. The maximum absolute atomic E-state index is 11.8. The number of anilines is 1. The van der Waals surface area contributed by atoms with Crippen LogP contribution in [0.2, 0.25) is 0 Å². The Labute approximate surface area is 124 Å².